The number of ether oxygens (including phenoxy) is 3. The Morgan fingerprint density at radius 2 is 0.944 bits per heavy atom. The number of hydrogen-bond donors (Lipinski definition) is 3. The van der Waals surface area contributed by atoms with E-state index in [-0.39, 0.29) is 55.1 Å². The van der Waals surface area contributed by atoms with Crippen molar-refractivity contribution in [2.24, 2.45) is 23.2 Å². The maximum absolute atomic E-state index is 12.8. The lowest BCUT2D eigenvalue weighted by Gasteiger charge is -2.51. The third kappa shape index (κ3) is 6.35. The molecular formula is C24H41N3O9. The summed E-state index contributed by atoms with van der Waals surface area (Å²) in [6.07, 6.45) is 0.630. The summed E-state index contributed by atoms with van der Waals surface area (Å²) < 4.78 is 14.8. The number of rotatable bonds is 16. The Balaban J connectivity index is 2.13. The maximum Gasteiger partial charge on any atom is 0.308 e. The first-order chi connectivity index (χ1) is 17.1. The summed E-state index contributed by atoms with van der Waals surface area (Å²) in [6, 6.07) is 0.0751. The van der Waals surface area contributed by atoms with Gasteiger partial charge in [-0.2, -0.15) is 0 Å². The van der Waals surface area contributed by atoms with Gasteiger partial charge in [0.25, 0.3) is 0 Å². The standard InChI is InChI=1S/C24H41N3O9/c1-5-24(15(18-9-25(18)2)6-21(31)34-12-28,16(19-10-26(19)3)7-22(32)35-13-29)17(20-11-27(20)4)8-23(33)36-14-30/h15-20,28-30H,5-14H2,1-4H3. The van der Waals surface area contributed by atoms with Crippen LogP contribution in [0.3, 0.4) is 0 Å². The second kappa shape index (κ2) is 12.1. The van der Waals surface area contributed by atoms with Gasteiger partial charge in [-0.05, 0) is 50.7 Å². The van der Waals surface area contributed by atoms with Crippen molar-refractivity contribution in [1.82, 2.24) is 14.7 Å². The molecule has 0 aromatic rings. The lowest BCUT2D eigenvalue weighted by molar-refractivity contribution is -0.161. The number of likely N-dealkylation sites (N-methyl/N-ethyl adjacent to an activating group) is 3. The molecule has 0 aliphatic carbocycles. The zero-order chi connectivity index (χ0) is 26.6. The largest absolute Gasteiger partial charge is 0.439 e. The minimum Gasteiger partial charge on any atom is -0.439 e. The number of aliphatic hydroxyl groups excluding tert-OH is 3. The lowest BCUT2D eigenvalue weighted by atomic mass is 9.53. The first-order valence-electron chi connectivity index (χ1n) is 12.5. The van der Waals surface area contributed by atoms with Crippen molar-refractivity contribution in [3.05, 3.63) is 0 Å². The van der Waals surface area contributed by atoms with Crippen molar-refractivity contribution in [2.75, 3.05) is 61.2 Å². The van der Waals surface area contributed by atoms with E-state index in [0.717, 1.165) is 19.6 Å². The number of carbonyl (C=O) groups is 3. The predicted octanol–water partition coefficient (Wildman–Crippen LogP) is -1.18. The first-order valence-corrected chi connectivity index (χ1v) is 12.5. The van der Waals surface area contributed by atoms with Gasteiger partial charge in [-0.15, -0.1) is 0 Å². The molecule has 3 rings (SSSR count). The van der Waals surface area contributed by atoms with Gasteiger partial charge in [0.05, 0.1) is 19.3 Å². The molecule has 0 aromatic heterocycles. The molecule has 9 unspecified atom stereocenters. The summed E-state index contributed by atoms with van der Waals surface area (Å²) in [5, 5.41) is 27.7. The normalized spacial score (nSPS) is 32.4. The monoisotopic (exact) mass is 515 g/mol. The molecule has 0 aromatic carbocycles. The summed E-state index contributed by atoms with van der Waals surface area (Å²) in [6.45, 7) is 2.11. The average Bonchev–Trinajstić information content (AvgIpc) is 3.75. The molecule has 12 heteroatoms. The van der Waals surface area contributed by atoms with E-state index in [9.17, 15) is 29.7 Å². The van der Waals surface area contributed by atoms with Crippen LogP contribution in [-0.2, 0) is 28.6 Å². The Labute approximate surface area is 212 Å². The molecule has 0 bridgehead atoms. The third-order valence-corrected chi connectivity index (χ3v) is 8.64. The summed E-state index contributed by atoms with van der Waals surface area (Å²) >= 11 is 0. The van der Waals surface area contributed by atoms with Crippen LogP contribution < -0.4 is 0 Å². The molecule has 3 aliphatic heterocycles. The number of aliphatic hydroxyl groups is 3. The molecule has 3 N–H and O–H groups in total. The van der Waals surface area contributed by atoms with E-state index in [2.05, 4.69) is 14.7 Å². The van der Waals surface area contributed by atoms with Crippen molar-refractivity contribution in [1.29, 1.82) is 0 Å². The van der Waals surface area contributed by atoms with Crippen LogP contribution >= 0.6 is 0 Å². The van der Waals surface area contributed by atoms with Gasteiger partial charge in [-0.1, -0.05) is 6.92 Å². The molecule has 3 heterocycles. The quantitative estimate of drug-likeness (QED) is 0.0983. The Kier molecular flexibility index (Phi) is 9.69. The van der Waals surface area contributed by atoms with Gasteiger partial charge in [0.2, 0.25) is 0 Å². The zero-order valence-corrected chi connectivity index (χ0v) is 21.7. The Bertz CT molecular complexity index is 699. The van der Waals surface area contributed by atoms with Crippen molar-refractivity contribution in [3.8, 4) is 0 Å². The van der Waals surface area contributed by atoms with Crippen molar-refractivity contribution in [3.63, 3.8) is 0 Å². The van der Waals surface area contributed by atoms with E-state index in [0.29, 0.717) is 6.42 Å². The fourth-order valence-electron chi connectivity index (χ4n) is 6.64. The van der Waals surface area contributed by atoms with E-state index >= 15 is 0 Å². The van der Waals surface area contributed by atoms with Crippen molar-refractivity contribution in [2.45, 2.75) is 50.7 Å². The van der Waals surface area contributed by atoms with Crippen molar-refractivity contribution < 1.29 is 43.9 Å². The second-order valence-electron chi connectivity index (χ2n) is 10.4. The van der Waals surface area contributed by atoms with Gasteiger partial charge in [0.1, 0.15) is 0 Å². The van der Waals surface area contributed by atoms with Crippen LogP contribution in [0.4, 0.5) is 0 Å². The minimum absolute atomic E-state index is 0.0212. The van der Waals surface area contributed by atoms with Crippen molar-refractivity contribution >= 4 is 17.9 Å². The topological polar surface area (TPSA) is 149 Å². The van der Waals surface area contributed by atoms with Crippen LogP contribution in [0.2, 0.25) is 0 Å². The van der Waals surface area contributed by atoms with Gasteiger partial charge in [0, 0.05) is 37.8 Å². The smallest absolute Gasteiger partial charge is 0.308 e. The Morgan fingerprint density at radius 1 is 0.694 bits per heavy atom. The Hall–Kier alpha value is -1.83. The molecule has 12 nitrogen and oxygen atoms in total. The van der Waals surface area contributed by atoms with Crippen LogP contribution in [0.25, 0.3) is 0 Å². The van der Waals surface area contributed by atoms with E-state index in [1.807, 2.05) is 28.1 Å². The van der Waals surface area contributed by atoms with Gasteiger partial charge in [0.15, 0.2) is 20.4 Å². The zero-order valence-electron chi connectivity index (χ0n) is 21.7. The molecule has 0 radical (unpaired) electrons. The van der Waals surface area contributed by atoms with Gasteiger partial charge < -0.3 is 44.2 Å². The molecule has 3 fully saturated rings. The maximum atomic E-state index is 12.8. The lowest BCUT2D eigenvalue weighted by Crippen LogP contribution is -2.53. The SMILES string of the molecule is CCC(C(CC(=O)OCO)C1CN1C)(C(CC(=O)OCO)C1CN1C)C(CC(=O)OCO)C1CN1C. The van der Waals surface area contributed by atoms with E-state index < -0.39 is 43.7 Å². The van der Waals surface area contributed by atoms with E-state index in [4.69, 9.17) is 14.2 Å². The molecule has 3 saturated heterocycles. The molecular weight excluding hydrogens is 474 g/mol. The fourth-order valence-corrected chi connectivity index (χ4v) is 6.64. The number of nitrogens with zero attached hydrogens (tertiary/aromatic N) is 3. The van der Waals surface area contributed by atoms with E-state index in [1.165, 1.54) is 0 Å². The molecule has 36 heavy (non-hydrogen) atoms. The van der Waals surface area contributed by atoms with Crippen LogP contribution in [0.5, 0.6) is 0 Å². The third-order valence-electron chi connectivity index (χ3n) is 8.64. The minimum atomic E-state index is -0.722. The summed E-state index contributed by atoms with van der Waals surface area (Å²) in [5.41, 5.74) is -0.697. The highest BCUT2D eigenvalue weighted by atomic mass is 16.6. The average molecular weight is 516 g/mol. The second-order valence-corrected chi connectivity index (χ2v) is 10.4. The van der Waals surface area contributed by atoms with Crippen LogP contribution in [0.15, 0.2) is 0 Å². The highest BCUT2D eigenvalue weighted by molar-refractivity contribution is 5.72. The first kappa shape index (κ1) is 28.7. The number of hydrogen-bond acceptors (Lipinski definition) is 12. The number of carbonyl (C=O) groups excluding carboxylic acids is 3. The molecule has 206 valence electrons. The highest BCUT2D eigenvalue weighted by Crippen LogP contribution is 2.59. The molecule has 0 amide bonds. The van der Waals surface area contributed by atoms with Crippen LogP contribution in [-0.4, -0.2) is 127 Å². The Morgan fingerprint density at radius 3 is 1.11 bits per heavy atom. The fraction of sp³-hybridized carbons (Fsp3) is 0.875. The van der Waals surface area contributed by atoms with Gasteiger partial charge >= 0.3 is 17.9 Å². The molecule has 3 aliphatic rings. The summed E-state index contributed by atoms with van der Waals surface area (Å²) in [4.78, 5) is 44.7. The summed E-state index contributed by atoms with van der Waals surface area (Å²) in [5.74, 6) is -2.47. The molecule has 9 atom stereocenters. The predicted molar refractivity (Wildman–Crippen MR) is 126 cm³/mol. The highest BCUT2D eigenvalue weighted by Gasteiger charge is 2.63. The summed E-state index contributed by atoms with van der Waals surface area (Å²) in [7, 11) is 5.89. The van der Waals surface area contributed by atoms with Crippen LogP contribution in [0.1, 0.15) is 32.6 Å². The molecule has 0 saturated carbocycles. The number of esters is 3. The molecule has 0 spiro atoms. The van der Waals surface area contributed by atoms with Crippen LogP contribution in [0, 0.1) is 23.2 Å². The van der Waals surface area contributed by atoms with Gasteiger partial charge in [-0.25, -0.2) is 0 Å². The van der Waals surface area contributed by atoms with E-state index in [1.54, 1.807) is 0 Å². The van der Waals surface area contributed by atoms with Gasteiger partial charge in [-0.3, -0.25) is 14.4 Å².